The number of sulfone groups is 1. The molecule has 0 aliphatic rings. The third-order valence-corrected chi connectivity index (χ3v) is 8.50. The van der Waals surface area contributed by atoms with Crippen molar-refractivity contribution in [2.75, 3.05) is 12.9 Å². The van der Waals surface area contributed by atoms with Crippen LogP contribution in [-0.4, -0.2) is 46.8 Å². The van der Waals surface area contributed by atoms with E-state index in [0.29, 0.717) is 11.1 Å². The van der Waals surface area contributed by atoms with Crippen molar-refractivity contribution >= 4 is 38.3 Å². The van der Waals surface area contributed by atoms with Crippen LogP contribution in [0, 0.1) is 5.82 Å². The minimum atomic E-state index is -3.69. The molecular weight excluding hydrogens is 473 g/mol. The predicted octanol–water partition coefficient (Wildman–Crippen LogP) is 3.44. The number of halogens is 2. The van der Waals surface area contributed by atoms with Crippen molar-refractivity contribution < 1.29 is 27.8 Å². The van der Waals surface area contributed by atoms with Gasteiger partial charge in [-0.3, -0.25) is 4.79 Å². The van der Waals surface area contributed by atoms with Gasteiger partial charge in [0, 0.05) is 24.3 Å². The van der Waals surface area contributed by atoms with Gasteiger partial charge in [0.25, 0.3) is 0 Å². The standard InChI is InChI=1S/C23H23ClFNO6S/c1-23(2,33(3,31)32)19(12-27)26-11-16(22(29)30)21(28)15-10-13(7-8-18(15)26)9-14-5-4-6-17(24)20(14)25/h4-8,10-11,19,27H,9,12H2,1-3H3,(H,29,30)/t19-/m1/s1. The maximum atomic E-state index is 14.3. The summed E-state index contributed by atoms with van der Waals surface area (Å²) in [7, 11) is -3.69. The van der Waals surface area contributed by atoms with Crippen LogP contribution >= 0.6 is 11.6 Å². The molecule has 0 bridgehead atoms. The Hall–Kier alpha value is -2.75. The molecule has 0 saturated heterocycles. The molecule has 0 radical (unpaired) electrons. The SMILES string of the molecule is CC(C)([C@@H](CO)n1cc(C(=O)O)c(=O)c2cc(Cc3cccc(Cl)c3F)ccc21)S(C)(=O)=O. The monoisotopic (exact) mass is 495 g/mol. The molecule has 3 rings (SSSR count). The highest BCUT2D eigenvalue weighted by atomic mass is 35.5. The molecular formula is C23H23ClFNO6S. The molecule has 0 aliphatic carbocycles. The first-order valence-electron chi connectivity index (χ1n) is 9.94. The maximum Gasteiger partial charge on any atom is 0.341 e. The number of aromatic carboxylic acids is 1. The van der Waals surface area contributed by atoms with Crippen LogP contribution in [0.15, 0.2) is 47.4 Å². The smallest absolute Gasteiger partial charge is 0.341 e. The highest BCUT2D eigenvalue weighted by molar-refractivity contribution is 7.92. The predicted molar refractivity (Wildman–Crippen MR) is 124 cm³/mol. The Kier molecular flexibility index (Phi) is 6.70. The second kappa shape index (κ2) is 8.89. The molecule has 2 aromatic carbocycles. The molecule has 1 atom stereocenters. The number of fused-ring (bicyclic) bond motifs is 1. The lowest BCUT2D eigenvalue weighted by Crippen LogP contribution is -2.43. The largest absolute Gasteiger partial charge is 0.477 e. The fourth-order valence-corrected chi connectivity index (χ4v) is 4.59. The lowest BCUT2D eigenvalue weighted by atomic mass is 9.99. The van der Waals surface area contributed by atoms with Crippen LogP contribution in [0.2, 0.25) is 5.02 Å². The summed E-state index contributed by atoms with van der Waals surface area (Å²) in [6.07, 6.45) is 2.17. The van der Waals surface area contributed by atoms with E-state index in [0.717, 1.165) is 12.5 Å². The average molecular weight is 496 g/mol. The van der Waals surface area contributed by atoms with Gasteiger partial charge in [0.05, 0.1) is 27.9 Å². The van der Waals surface area contributed by atoms with Crippen molar-refractivity contribution in [3.63, 3.8) is 0 Å². The molecule has 0 spiro atoms. The first kappa shape index (κ1) is 24.9. The van der Waals surface area contributed by atoms with Crippen LogP contribution in [-0.2, 0) is 16.3 Å². The number of rotatable bonds is 7. The molecule has 0 amide bonds. The van der Waals surface area contributed by atoms with E-state index in [9.17, 15) is 32.6 Å². The van der Waals surface area contributed by atoms with Crippen LogP contribution in [0.4, 0.5) is 4.39 Å². The molecule has 0 unspecified atom stereocenters. The van der Waals surface area contributed by atoms with E-state index in [1.165, 1.54) is 36.6 Å². The number of hydrogen-bond donors (Lipinski definition) is 2. The number of nitrogens with zero attached hydrogens (tertiary/aromatic N) is 1. The van der Waals surface area contributed by atoms with Crippen LogP contribution in [0.3, 0.4) is 0 Å². The van der Waals surface area contributed by atoms with Gasteiger partial charge in [-0.15, -0.1) is 0 Å². The van der Waals surface area contributed by atoms with Gasteiger partial charge in [0.15, 0.2) is 9.84 Å². The number of benzene rings is 2. The summed E-state index contributed by atoms with van der Waals surface area (Å²) in [5.41, 5.74) is -0.274. The topological polar surface area (TPSA) is 114 Å². The summed E-state index contributed by atoms with van der Waals surface area (Å²) in [5.74, 6) is -2.08. The number of pyridine rings is 1. The second-order valence-electron chi connectivity index (χ2n) is 8.40. The molecule has 1 heterocycles. The van der Waals surface area contributed by atoms with Crippen molar-refractivity contribution in [1.82, 2.24) is 4.57 Å². The lowest BCUT2D eigenvalue weighted by molar-refractivity contribution is 0.0694. The zero-order valence-electron chi connectivity index (χ0n) is 18.2. The van der Waals surface area contributed by atoms with E-state index in [2.05, 4.69) is 0 Å². The molecule has 1 aromatic heterocycles. The fourth-order valence-electron chi connectivity index (χ4n) is 3.72. The van der Waals surface area contributed by atoms with Gasteiger partial charge in [-0.1, -0.05) is 29.8 Å². The summed E-state index contributed by atoms with van der Waals surface area (Å²) in [4.78, 5) is 24.7. The minimum absolute atomic E-state index is 0.0117. The molecule has 0 saturated carbocycles. The summed E-state index contributed by atoms with van der Waals surface area (Å²) in [5, 5.41) is 19.6. The molecule has 176 valence electrons. The van der Waals surface area contributed by atoms with E-state index in [1.807, 2.05) is 0 Å². The normalized spacial score (nSPS) is 13.3. The number of aliphatic hydroxyl groups is 1. The van der Waals surface area contributed by atoms with Crippen LogP contribution < -0.4 is 5.43 Å². The van der Waals surface area contributed by atoms with E-state index in [-0.39, 0.29) is 22.3 Å². The van der Waals surface area contributed by atoms with Crippen molar-refractivity contribution in [3.05, 3.63) is 80.3 Å². The van der Waals surface area contributed by atoms with Gasteiger partial charge < -0.3 is 14.8 Å². The molecule has 3 aromatic rings. The van der Waals surface area contributed by atoms with Crippen molar-refractivity contribution in [1.29, 1.82) is 0 Å². The van der Waals surface area contributed by atoms with Crippen molar-refractivity contribution in [3.8, 4) is 0 Å². The average Bonchev–Trinajstić information content (AvgIpc) is 2.72. The Bertz CT molecular complexity index is 1410. The summed E-state index contributed by atoms with van der Waals surface area (Å²) in [6.45, 7) is 2.22. The Morgan fingerprint density at radius 3 is 2.48 bits per heavy atom. The van der Waals surface area contributed by atoms with E-state index in [4.69, 9.17) is 11.6 Å². The molecule has 33 heavy (non-hydrogen) atoms. The van der Waals surface area contributed by atoms with Gasteiger partial charge in [0.1, 0.15) is 11.4 Å². The number of carboxylic acid groups (broad SMARTS) is 1. The van der Waals surface area contributed by atoms with Gasteiger partial charge in [0.2, 0.25) is 5.43 Å². The van der Waals surface area contributed by atoms with Crippen molar-refractivity contribution in [2.24, 2.45) is 0 Å². The summed E-state index contributed by atoms with van der Waals surface area (Å²) < 4.78 is 39.0. The zero-order valence-corrected chi connectivity index (χ0v) is 19.7. The number of aliphatic hydroxyl groups excluding tert-OH is 1. The Morgan fingerprint density at radius 2 is 1.91 bits per heavy atom. The number of carbonyl (C=O) groups is 1. The van der Waals surface area contributed by atoms with Gasteiger partial charge in [-0.2, -0.15) is 0 Å². The van der Waals surface area contributed by atoms with E-state index < -0.39 is 50.0 Å². The maximum absolute atomic E-state index is 14.3. The minimum Gasteiger partial charge on any atom is -0.477 e. The van der Waals surface area contributed by atoms with Crippen LogP contribution in [0.25, 0.3) is 10.9 Å². The van der Waals surface area contributed by atoms with Gasteiger partial charge in [-0.05, 0) is 43.2 Å². The Morgan fingerprint density at radius 1 is 1.24 bits per heavy atom. The molecule has 0 fully saturated rings. The summed E-state index contributed by atoms with van der Waals surface area (Å²) in [6, 6.07) is 8.08. The molecule has 7 nitrogen and oxygen atoms in total. The first-order chi connectivity index (χ1) is 15.3. The highest BCUT2D eigenvalue weighted by Gasteiger charge is 2.40. The third-order valence-electron chi connectivity index (χ3n) is 6.02. The fraction of sp³-hybridized carbons (Fsp3) is 0.304. The third kappa shape index (κ3) is 4.53. The molecule has 2 N–H and O–H groups in total. The quantitative estimate of drug-likeness (QED) is 0.519. The first-order valence-corrected chi connectivity index (χ1v) is 12.2. The second-order valence-corrected chi connectivity index (χ2v) is 11.4. The number of carboxylic acids is 1. The zero-order chi connectivity index (χ0) is 24.7. The van der Waals surface area contributed by atoms with Gasteiger partial charge in [-0.25, -0.2) is 17.6 Å². The number of hydrogen-bond acceptors (Lipinski definition) is 5. The Labute approximate surface area is 195 Å². The lowest BCUT2D eigenvalue weighted by Gasteiger charge is -2.34. The van der Waals surface area contributed by atoms with Crippen LogP contribution in [0.5, 0.6) is 0 Å². The van der Waals surface area contributed by atoms with Crippen LogP contribution in [0.1, 0.15) is 41.4 Å². The highest BCUT2D eigenvalue weighted by Crippen LogP contribution is 2.32. The van der Waals surface area contributed by atoms with E-state index in [1.54, 1.807) is 18.2 Å². The molecule has 0 aliphatic heterocycles. The van der Waals surface area contributed by atoms with E-state index >= 15 is 0 Å². The van der Waals surface area contributed by atoms with Crippen molar-refractivity contribution in [2.45, 2.75) is 31.1 Å². The molecule has 10 heteroatoms. The Balaban J connectivity index is 2.28. The van der Waals surface area contributed by atoms with Gasteiger partial charge >= 0.3 is 5.97 Å². The summed E-state index contributed by atoms with van der Waals surface area (Å²) >= 11 is 5.84. The number of aromatic nitrogens is 1.